The molecule has 1 saturated heterocycles. The van der Waals surface area contributed by atoms with Crippen molar-refractivity contribution in [1.82, 2.24) is 10.2 Å². The monoisotopic (exact) mass is 291 g/mol. The maximum Gasteiger partial charge on any atom is 0.324 e. The van der Waals surface area contributed by atoms with Gasteiger partial charge < -0.3 is 10.2 Å². The Balaban J connectivity index is 0.00000162. The quantitative estimate of drug-likeness (QED) is 0.662. The molecule has 1 N–H and O–H groups in total. The number of piperazine rings is 1. The van der Waals surface area contributed by atoms with Gasteiger partial charge in [-0.15, -0.1) is 12.4 Å². The van der Waals surface area contributed by atoms with Crippen LogP contribution in [0.5, 0.6) is 0 Å². The number of amides is 1. The summed E-state index contributed by atoms with van der Waals surface area (Å²) >= 11 is 0.989. The number of hydrogen-bond donors (Lipinski definition) is 1. The second-order valence-electron chi connectivity index (χ2n) is 4.04. The zero-order valence-electron chi connectivity index (χ0n) is 9.79. The maximum absolute atomic E-state index is 12.1. The van der Waals surface area contributed by atoms with Gasteiger partial charge in [0.05, 0.1) is 10.5 Å². The fourth-order valence-electron chi connectivity index (χ4n) is 1.83. The SMILES string of the molecule is C[C@H]1CN(C(=O)c2csc([N+](=O)[O-])c2)CCN1.Cl. The molecule has 0 aromatic carbocycles. The van der Waals surface area contributed by atoms with Crippen LogP contribution in [0.15, 0.2) is 11.4 Å². The average Bonchev–Trinajstić information content (AvgIpc) is 2.77. The van der Waals surface area contributed by atoms with Gasteiger partial charge in [0.1, 0.15) is 0 Å². The summed E-state index contributed by atoms with van der Waals surface area (Å²) in [6, 6.07) is 1.61. The molecule has 1 aliphatic rings. The molecule has 1 aromatic rings. The van der Waals surface area contributed by atoms with Crippen molar-refractivity contribution in [3.8, 4) is 0 Å². The second-order valence-corrected chi connectivity index (χ2v) is 4.93. The van der Waals surface area contributed by atoms with Crippen LogP contribution in [-0.2, 0) is 0 Å². The lowest BCUT2D eigenvalue weighted by atomic mass is 10.2. The van der Waals surface area contributed by atoms with E-state index in [-0.39, 0.29) is 29.4 Å². The molecule has 2 rings (SSSR count). The molecule has 0 spiro atoms. The first kappa shape index (κ1) is 14.9. The minimum atomic E-state index is -0.470. The predicted octanol–water partition coefficient (Wildman–Crippen LogP) is 1.51. The van der Waals surface area contributed by atoms with Crippen LogP contribution in [0.25, 0.3) is 0 Å². The largest absolute Gasteiger partial charge is 0.336 e. The van der Waals surface area contributed by atoms with Gasteiger partial charge in [-0.3, -0.25) is 14.9 Å². The van der Waals surface area contributed by atoms with E-state index in [1.807, 2.05) is 6.92 Å². The fourth-order valence-corrected chi connectivity index (χ4v) is 2.53. The number of carbonyl (C=O) groups excluding carboxylic acids is 1. The molecule has 0 aliphatic carbocycles. The lowest BCUT2D eigenvalue weighted by molar-refractivity contribution is -0.380. The zero-order chi connectivity index (χ0) is 12.4. The summed E-state index contributed by atoms with van der Waals surface area (Å²) in [4.78, 5) is 23.9. The number of carbonyl (C=O) groups is 1. The Hall–Kier alpha value is -1.18. The predicted molar refractivity (Wildman–Crippen MR) is 71.6 cm³/mol. The molecule has 100 valence electrons. The van der Waals surface area contributed by atoms with E-state index in [2.05, 4.69) is 5.32 Å². The van der Waals surface area contributed by atoms with Gasteiger partial charge in [-0.1, -0.05) is 11.3 Å². The molecule has 0 bridgehead atoms. The van der Waals surface area contributed by atoms with Gasteiger partial charge in [0.2, 0.25) is 0 Å². The van der Waals surface area contributed by atoms with Crippen molar-refractivity contribution in [1.29, 1.82) is 0 Å². The van der Waals surface area contributed by atoms with Crippen molar-refractivity contribution in [2.24, 2.45) is 0 Å². The van der Waals surface area contributed by atoms with Crippen LogP contribution in [0.3, 0.4) is 0 Å². The minimum Gasteiger partial charge on any atom is -0.336 e. The Bertz CT molecular complexity index is 451. The Morgan fingerprint density at radius 1 is 1.67 bits per heavy atom. The summed E-state index contributed by atoms with van der Waals surface area (Å²) in [5, 5.41) is 15.3. The van der Waals surface area contributed by atoms with E-state index in [4.69, 9.17) is 0 Å². The van der Waals surface area contributed by atoms with Crippen LogP contribution in [0, 0.1) is 10.1 Å². The van der Waals surface area contributed by atoms with Gasteiger partial charge >= 0.3 is 5.00 Å². The van der Waals surface area contributed by atoms with Gasteiger partial charge in [-0.25, -0.2) is 0 Å². The van der Waals surface area contributed by atoms with Crippen LogP contribution in [0.4, 0.5) is 5.00 Å². The molecular weight excluding hydrogens is 278 g/mol. The summed E-state index contributed by atoms with van der Waals surface area (Å²) in [5.41, 5.74) is 0.413. The number of nitrogens with one attached hydrogen (secondary N) is 1. The van der Waals surface area contributed by atoms with Crippen molar-refractivity contribution >= 4 is 34.7 Å². The smallest absolute Gasteiger partial charge is 0.324 e. The first-order valence-electron chi connectivity index (χ1n) is 5.33. The first-order valence-corrected chi connectivity index (χ1v) is 6.21. The van der Waals surface area contributed by atoms with Crippen LogP contribution >= 0.6 is 23.7 Å². The van der Waals surface area contributed by atoms with Crippen LogP contribution in [0.2, 0.25) is 0 Å². The standard InChI is InChI=1S/C10H13N3O3S.ClH/c1-7-5-12(3-2-11-7)10(14)8-4-9(13(15)16)17-6-8;/h4,6-7,11H,2-3,5H2,1H3;1H/t7-;/m0./s1. The topological polar surface area (TPSA) is 75.5 Å². The van der Waals surface area contributed by atoms with Crippen molar-refractivity contribution in [2.45, 2.75) is 13.0 Å². The Kier molecular flexibility index (Phi) is 5.06. The van der Waals surface area contributed by atoms with E-state index >= 15 is 0 Å². The number of thiophene rings is 1. The molecule has 1 aromatic heterocycles. The highest BCUT2D eigenvalue weighted by Gasteiger charge is 2.23. The molecule has 2 heterocycles. The highest BCUT2D eigenvalue weighted by molar-refractivity contribution is 7.13. The van der Waals surface area contributed by atoms with E-state index in [9.17, 15) is 14.9 Å². The molecule has 0 saturated carbocycles. The van der Waals surface area contributed by atoms with E-state index in [1.165, 1.54) is 6.07 Å². The van der Waals surface area contributed by atoms with Gasteiger partial charge in [-0.2, -0.15) is 0 Å². The molecule has 1 atom stereocenters. The second kappa shape index (κ2) is 6.12. The van der Waals surface area contributed by atoms with Crippen LogP contribution in [0.1, 0.15) is 17.3 Å². The summed E-state index contributed by atoms with van der Waals surface area (Å²) in [5.74, 6) is -0.122. The molecule has 0 unspecified atom stereocenters. The Morgan fingerprint density at radius 2 is 2.39 bits per heavy atom. The Labute approximate surface area is 115 Å². The van der Waals surface area contributed by atoms with Gasteiger partial charge in [0.15, 0.2) is 0 Å². The Morgan fingerprint density at radius 3 is 2.94 bits per heavy atom. The summed E-state index contributed by atoms with van der Waals surface area (Å²) in [6.45, 7) is 4.06. The molecule has 1 aliphatic heterocycles. The number of halogens is 1. The molecular formula is C10H14ClN3O3S. The summed E-state index contributed by atoms with van der Waals surface area (Å²) in [6.07, 6.45) is 0. The number of rotatable bonds is 2. The van der Waals surface area contributed by atoms with E-state index in [1.54, 1.807) is 10.3 Å². The van der Waals surface area contributed by atoms with E-state index in [0.717, 1.165) is 17.9 Å². The van der Waals surface area contributed by atoms with E-state index < -0.39 is 4.92 Å². The van der Waals surface area contributed by atoms with Gasteiger partial charge in [0.25, 0.3) is 5.91 Å². The van der Waals surface area contributed by atoms with Crippen LogP contribution in [-0.4, -0.2) is 41.4 Å². The summed E-state index contributed by atoms with van der Waals surface area (Å²) in [7, 11) is 0. The lowest BCUT2D eigenvalue weighted by Crippen LogP contribution is -2.51. The van der Waals surface area contributed by atoms with Crippen molar-refractivity contribution in [3.05, 3.63) is 27.1 Å². The molecule has 8 heteroatoms. The zero-order valence-corrected chi connectivity index (χ0v) is 11.4. The fraction of sp³-hybridized carbons (Fsp3) is 0.500. The molecule has 1 fully saturated rings. The highest BCUT2D eigenvalue weighted by atomic mass is 35.5. The summed E-state index contributed by atoms with van der Waals surface area (Å²) < 4.78 is 0. The molecule has 18 heavy (non-hydrogen) atoms. The third-order valence-electron chi connectivity index (χ3n) is 2.67. The third-order valence-corrected chi connectivity index (χ3v) is 3.55. The average molecular weight is 292 g/mol. The molecule has 6 nitrogen and oxygen atoms in total. The van der Waals surface area contributed by atoms with Crippen molar-refractivity contribution in [2.75, 3.05) is 19.6 Å². The highest BCUT2D eigenvalue weighted by Crippen LogP contribution is 2.23. The van der Waals surface area contributed by atoms with Gasteiger partial charge in [-0.05, 0) is 6.92 Å². The third kappa shape index (κ3) is 3.18. The minimum absolute atomic E-state index is 0. The number of nitro groups is 1. The van der Waals surface area contributed by atoms with E-state index in [0.29, 0.717) is 18.7 Å². The number of hydrogen-bond acceptors (Lipinski definition) is 5. The van der Waals surface area contributed by atoms with Crippen molar-refractivity contribution in [3.63, 3.8) is 0 Å². The first-order chi connectivity index (χ1) is 8.08. The maximum atomic E-state index is 12.1. The van der Waals surface area contributed by atoms with Gasteiger partial charge in [0, 0.05) is 37.1 Å². The van der Waals surface area contributed by atoms with Crippen LogP contribution < -0.4 is 5.32 Å². The molecule has 0 radical (unpaired) electrons. The van der Waals surface area contributed by atoms with Crippen molar-refractivity contribution < 1.29 is 9.72 Å². The normalized spacial score (nSPS) is 19.2. The lowest BCUT2D eigenvalue weighted by Gasteiger charge is -2.31. The molecule has 1 amide bonds. The number of nitrogens with zero attached hydrogens (tertiary/aromatic N) is 2.